The molecule has 1 rings (SSSR count). The van der Waals surface area contributed by atoms with Gasteiger partial charge in [-0.25, -0.2) is 4.79 Å². The first kappa shape index (κ1) is 10.3. The maximum atomic E-state index is 11.4. The molecule has 1 aliphatic rings. The normalized spacial score (nSPS) is 22.5. The Hall–Kier alpha value is -0.770. The largest absolute Gasteiger partial charge is 0.334 e. The SMILES string of the molecule is CCN(C)C(=O)N[C@H]1CCCNC1. The zero-order valence-electron chi connectivity index (χ0n) is 8.47. The summed E-state index contributed by atoms with van der Waals surface area (Å²) < 4.78 is 0. The molecule has 0 radical (unpaired) electrons. The first-order chi connectivity index (χ1) is 6.24. The van der Waals surface area contributed by atoms with E-state index in [0.29, 0.717) is 6.04 Å². The summed E-state index contributed by atoms with van der Waals surface area (Å²) in [6, 6.07) is 0.353. The standard InChI is InChI=1S/C9H19N3O/c1-3-12(2)9(13)11-8-5-4-6-10-7-8/h8,10H,3-7H2,1-2H3,(H,11,13)/t8-/m0/s1. The average Bonchev–Trinajstić information content (AvgIpc) is 2.18. The second-order valence-corrected chi connectivity index (χ2v) is 3.51. The Bertz CT molecular complexity index is 166. The van der Waals surface area contributed by atoms with Crippen LogP contribution in [0, 0.1) is 0 Å². The summed E-state index contributed by atoms with van der Waals surface area (Å²) in [6.45, 7) is 4.71. The van der Waals surface area contributed by atoms with Crippen LogP contribution in [0.15, 0.2) is 0 Å². The van der Waals surface area contributed by atoms with Crippen molar-refractivity contribution in [1.82, 2.24) is 15.5 Å². The fourth-order valence-electron chi connectivity index (χ4n) is 1.40. The highest BCUT2D eigenvalue weighted by Crippen LogP contribution is 2.01. The monoisotopic (exact) mass is 185 g/mol. The molecule has 1 atom stereocenters. The first-order valence-electron chi connectivity index (χ1n) is 4.96. The van der Waals surface area contributed by atoms with Gasteiger partial charge in [0, 0.05) is 26.2 Å². The van der Waals surface area contributed by atoms with Gasteiger partial charge < -0.3 is 15.5 Å². The molecule has 0 aromatic heterocycles. The number of piperidine rings is 1. The third kappa shape index (κ3) is 3.22. The summed E-state index contributed by atoms with van der Waals surface area (Å²) in [5.74, 6) is 0. The lowest BCUT2D eigenvalue weighted by molar-refractivity contribution is 0.204. The predicted octanol–water partition coefficient (Wildman–Crippen LogP) is 0.400. The van der Waals surface area contributed by atoms with Gasteiger partial charge in [0.25, 0.3) is 0 Å². The molecule has 13 heavy (non-hydrogen) atoms. The second kappa shape index (κ2) is 5.07. The third-order valence-electron chi connectivity index (χ3n) is 2.45. The van der Waals surface area contributed by atoms with Crippen molar-refractivity contribution in [2.75, 3.05) is 26.7 Å². The topological polar surface area (TPSA) is 44.4 Å². The van der Waals surface area contributed by atoms with Crippen molar-refractivity contribution in [2.24, 2.45) is 0 Å². The lowest BCUT2D eigenvalue weighted by Gasteiger charge is -2.26. The molecule has 1 saturated heterocycles. The number of hydrogen-bond donors (Lipinski definition) is 2. The van der Waals surface area contributed by atoms with Gasteiger partial charge in [0.1, 0.15) is 0 Å². The van der Waals surface area contributed by atoms with Gasteiger partial charge in [0.2, 0.25) is 0 Å². The van der Waals surface area contributed by atoms with E-state index in [4.69, 9.17) is 0 Å². The Morgan fingerprint density at radius 1 is 1.69 bits per heavy atom. The van der Waals surface area contributed by atoms with E-state index in [1.807, 2.05) is 14.0 Å². The van der Waals surface area contributed by atoms with E-state index >= 15 is 0 Å². The minimum atomic E-state index is 0.0381. The van der Waals surface area contributed by atoms with Gasteiger partial charge in [-0.15, -0.1) is 0 Å². The number of carbonyl (C=O) groups is 1. The summed E-state index contributed by atoms with van der Waals surface area (Å²) >= 11 is 0. The molecule has 0 unspecified atom stereocenters. The zero-order chi connectivity index (χ0) is 9.68. The number of nitrogens with zero attached hydrogens (tertiary/aromatic N) is 1. The van der Waals surface area contributed by atoms with Crippen LogP contribution in [0.5, 0.6) is 0 Å². The molecule has 76 valence electrons. The minimum Gasteiger partial charge on any atom is -0.334 e. The Morgan fingerprint density at radius 3 is 3.00 bits per heavy atom. The van der Waals surface area contributed by atoms with Gasteiger partial charge in [-0.3, -0.25) is 0 Å². The van der Waals surface area contributed by atoms with Gasteiger partial charge in [0.15, 0.2) is 0 Å². The smallest absolute Gasteiger partial charge is 0.317 e. The van der Waals surface area contributed by atoms with Crippen LogP contribution in [0.1, 0.15) is 19.8 Å². The fraction of sp³-hybridized carbons (Fsp3) is 0.889. The summed E-state index contributed by atoms with van der Waals surface area (Å²) in [5.41, 5.74) is 0. The van der Waals surface area contributed by atoms with Crippen molar-refractivity contribution in [2.45, 2.75) is 25.8 Å². The summed E-state index contributed by atoms with van der Waals surface area (Å²) in [4.78, 5) is 13.1. The summed E-state index contributed by atoms with van der Waals surface area (Å²) in [6.07, 6.45) is 2.25. The maximum Gasteiger partial charge on any atom is 0.317 e. The predicted molar refractivity (Wildman–Crippen MR) is 52.7 cm³/mol. The van der Waals surface area contributed by atoms with Crippen LogP contribution in [0.25, 0.3) is 0 Å². The first-order valence-corrected chi connectivity index (χ1v) is 4.96. The molecule has 0 aromatic carbocycles. The molecule has 2 amide bonds. The highest BCUT2D eigenvalue weighted by atomic mass is 16.2. The van der Waals surface area contributed by atoms with Gasteiger partial charge >= 0.3 is 6.03 Å². The van der Waals surface area contributed by atoms with Gasteiger partial charge in [-0.05, 0) is 26.3 Å². The molecule has 0 bridgehead atoms. The Morgan fingerprint density at radius 2 is 2.46 bits per heavy atom. The highest BCUT2D eigenvalue weighted by molar-refractivity contribution is 5.74. The molecule has 1 aliphatic heterocycles. The summed E-state index contributed by atoms with van der Waals surface area (Å²) in [5, 5.41) is 6.26. The van der Waals surface area contributed by atoms with Crippen molar-refractivity contribution in [1.29, 1.82) is 0 Å². The minimum absolute atomic E-state index is 0.0381. The van der Waals surface area contributed by atoms with Gasteiger partial charge in [-0.1, -0.05) is 0 Å². The Labute approximate surface area is 79.7 Å². The molecule has 1 heterocycles. The van der Waals surface area contributed by atoms with Crippen LogP contribution in [0.2, 0.25) is 0 Å². The van der Waals surface area contributed by atoms with Gasteiger partial charge in [-0.2, -0.15) is 0 Å². The van der Waals surface area contributed by atoms with Crippen molar-refractivity contribution >= 4 is 6.03 Å². The van der Waals surface area contributed by atoms with Crippen molar-refractivity contribution in [3.05, 3.63) is 0 Å². The van der Waals surface area contributed by atoms with Crippen LogP contribution in [-0.4, -0.2) is 43.7 Å². The number of carbonyl (C=O) groups excluding carboxylic acids is 1. The molecule has 0 aliphatic carbocycles. The number of rotatable bonds is 2. The summed E-state index contributed by atoms with van der Waals surface area (Å²) in [7, 11) is 1.81. The number of nitrogens with one attached hydrogen (secondary N) is 2. The van der Waals surface area contributed by atoms with E-state index in [-0.39, 0.29) is 6.03 Å². The quantitative estimate of drug-likeness (QED) is 0.654. The zero-order valence-corrected chi connectivity index (χ0v) is 8.47. The molecular formula is C9H19N3O. The van der Waals surface area contributed by atoms with Crippen molar-refractivity contribution < 1.29 is 4.79 Å². The molecule has 1 fully saturated rings. The molecular weight excluding hydrogens is 166 g/mol. The van der Waals surface area contributed by atoms with Crippen LogP contribution < -0.4 is 10.6 Å². The average molecular weight is 185 g/mol. The molecule has 4 nitrogen and oxygen atoms in total. The van der Waals surface area contributed by atoms with E-state index in [9.17, 15) is 4.79 Å². The van der Waals surface area contributed by atoms with E-state index in [2.05, 4.69) is 10.6 Å². The molecule has 0 saturated carbocycles. The second-order valence-electron chi connectivity index (χ2n) is 3.51. The molecule has 4 heteroatoms. The molecule has 0 spiro atoms. The van der Waals surface area contributed by atoms with Crippen LogP contribution in [0.4, 0.5) is 4.79 Å². The van der Waals surface area contributed by atoms with Gasteiger partial charge in [0.05, 0.1) is 0 Å². The van der Waals surface area contributed by atoms with E-state index in [0.717, 1.165) is 32.5 Å². The number of amides is 2. The Balaban J connectivity index is 2.26. The van der Waals surface area contributed by atoms with Crippen LogP contribution >= 0.6 is 0 Å². The van der Waals surface area contributed by atoms with Crippen LogP contribution in [0.3, 0.4) is 0 Å². The highest BCUT2D eigenvalue weighted by Gasteiger charge is 2.16. The lowest BCUT2D eigenvalue weighted by atomic mass is 10.1. The van der Waals surface area contributed by atoms with E-state index in [1.165, 1.54) is 0 Å². The maximum absolute atomic E-state index is 11.4. The molecule has 2 N–H and O–H groups in total. The van der Waals surface area contributed by atoms with E-state index < -0.39 is 0 Å². The Kier molecular flexibility index (Phi) is 4.02. The third-order valence-corrected chi connectivity index (χ3v) is 2.45. The van der Waals surface area contributed by atoms with Crippen molar-refractivity contribution in [3.8, 4) is 0 Å². The van der Waals surface area contributed by atoms with E-state index in [1.54, 1.807) is 4.90 Å². The molecule has 0 aromatic rings. The van der Waals surface area contributed by atoms with Crippen molar-refractivity contribution in [3.63, 3.8) is 0 Å². The lowest BCUT2D eigenvalue weighted by Crippen LogP contribution is -2.49. The number of hydrogen-bond acceptors (Lipinski definition) is 2. The fourth-order valence-corrected chi connectivity index (χ4v) is 1.40. The van der Waals surface area contributed by atoms with Crippen LogP contribution in [-0.2, 0) is 0 Å². The number of urea groups is 1.